The molecule has 0 fully saturated rings. The molecule has 0 atom stereocenters. The van der Waals surface area contributed by atoms with Crippen LogP contribution in [0.1, 0.15) is 35.9 Å². The van der Waals surface area contributed by atoms with Gasteiger partial charge in [-0.2, -0.15) is 0 Å². The molecule has 0 radical (unpaired) electrons. The van der Waals surface area contributed by atoms with Crippen molar-refractivity contribution in [3.8, 4) is 11.5 Å². The number of Topliss-reactive ketones (excluding diaryl/α,β-unsaturated/α-hetero) is 1. The van der Waals surface area contributed by atoms with Crippen LogP contribution in [-0.2, 0) is 0 Å². The summed E-state index contributed by atoms with van der Waals surface area (Å²) < 4.78 is 17.1. The van der Waals surface area contributed by atoms with Gasteiger partial charge in [-0.15, -0.1) is 11.3 Å². The smallest absolute Gasteiger partial charge is 0.266 e. The molecule has 0 amide bonds. The van der Waals surface area contributed by atoms with E-state index in [4.69, 9.17) is 13.9 Å². The van der Waals surface area contributed by atoms with Crippen molar-refractivity contribution < 1.29 is 18.7 Å². The van der Waals surface area contributed by atoms with E-state index in [9.17, 15) is 9.59 Å². The highest BCUT2D eigenvalue weighted by Gasteiger charge is 2.07. The van der Waals surface area contributed by atoms with Gasteiger partial charge in [0.2, 0.25) is 5.78 Å². The van der Waals surface area contributed by atoms with Crippen molar-refractivity contribution in [2.75, 3.05) is 13.7 Å². The molecule has 0 aliphatic carbocycles. The van der Waals surface area contributed by atoms with E-state index in [1.165, 1.54) is 23.7 Å². The highest BCUT2D eigenvalue weighted by atomic mass is 32.1. The number of H-pyrrole nitrogens is 1. The number of ketones is 1. The summed E-state index contributed by atoms with van der Waals surface area (Å²) in [6, 6.07) is 8.71. The number of thiazole rings is 1. The normalized spacial score (nSPS) is 12.4. The van der Waals surface area contributed by atoms with E-state index in [0.29, 0.717) is 27.3 Å². The molecule has 0 spiro atoms. The first-order valence-corrected chi connectivity index (χ1v) is 9.73. The monoisotopic (exact) mass is 399 g/mol. The molecular weight excluding hydrogens is 378 g/mol. The van der Waals surface area contributed by atoms with Crippen molar-refractivity contribution in [1.82, 2.24) is 4.98 Å². The minimum Gasteiger partial charge on any atom is -0.493 e. The van der Waals surface area contributed by atoms with Crippen LogP contribution in [0.15, 0.2) is 45.8 Å². The number of hydrogen-bond donors (Lipinski definition) is 1. The van der Waals surface area contributed by atoms with Crippen LogP contribution in [0, 0.1) is 0 Å². The highest BCUT2D eigenvalue weighted by molar-refractivity contribution is 7.07. The van der Waals surface area contributed by atoms with Crippen molar-refractivity contribution in [3.05, 3.63) is 67.5 Å². The Morgan fingerprint density at radius 1 is 1.29 bits per heavy atom. The second-order valence-corrected chi connectivity index (χ2v) is 7.11. The molecule has 2 heterocycles. The molecule has 146 valence electrons. The molecule has 0 saturated heterocycles. The molecule has 0 bridgehead atoms. The third kappa shape index (κ3) is 4.80. The van der Waals surface area contributed by atoms with Crippen molar-refractivity contribution in [2.45, 2.75) is 19.8 Å². The third-order valence-electron chi connectivity index (χ3n) is 3.95. The number of carbonyl (C=O) groups is 1. The lowest BCUT2D eigenvalue weighted by Gasteiger charge is -2.10. The fourth-order valence-electron chi connectivity index (χ4n) is 2.51. The Labute approximate surface area is 165 Å². The standard InChI is InChI=1S/C21H21NO5S/c1-3-4-9-27-18-11-14(7-8-17(18)25-2)12-19-21(24)22-20(28-19)13-15(23)16-6-5-10-26-16/h5-8,10-13H,3-4,9H2,1-2H3,(H,22,24)/b19-12-,20-13-. The quantitative estimate of drug-likeness (QED) is 0.465. The average Bonchev–Trinajstić information content (AvgIpc) is 3.33. The summed E-state index contributed by atoms with van der Waals surface area (Å²) in [6.07, 6.45) is 6.53. The number of methoxy groups -OCH3 is 1. The Morgan fingerprint density at radius 2 is 2.14 bits per heavy atom. The van der Waals surface area contributed by atoms with E-state index in [1.807, 2.05) is 18.2 Å². The van der Waals surface area contributed by atoms with Crippen LogP contribution >= 0.6 is 11.3 Å². The maximum Gasteiger partial charge on any atom is 0.266 e. The van der Waals surface area contributed by atoms with Crippen LogP contribution in [0.25, 0.3) is 12.2 Å². The van der Waals surface area contributed by atoms with Crippen molar-refractivity contribution >= 4 is 29.3 Å². The Kier molecular flexibility index (Phi) is 6.49. The van der Waals surface area contributed by atoms with Gasteiger partial charge in [-0.3, -0.25) is 9.59 Å². The SMILES string of the molecule is CCCCOc1cc(/C=c2\s/c(=C\C(=O)c3ccco3)[nH]c2=O)ccc1OC. The zero-order chi connectivity index (χ0) is 19.9. The number of unbranched alkanes of at least 4 members (excludes halogenated alkanes) is 1. The van der Waals surface area contributed by atoms with Gasteiger partial charge in [-0.25, -0.2) is 0 Å². The van der Waals surface area contributed by atoms with Gasteiger partial charge in [-0.1, -0.05) is 19.4 Å². The summed E-state index contributed by atoms with van der Waals surface area (Å²) in [5, 5.41) is 0. The number of aromatic nitrogens is 1. The minimum atomic E-state index is -0.301. The number of nitrogens with one attached hydrogen (secondary N) is 1. The largest absolute Gasteiger partial charge is 0.493 e. The second kappa shape index (κ2) is 9.23. The molecule has 2 aromatic heterocycles. The Hall–Kier alpha value is -3.06. The number of benzene rings is 1. The summed E-state index contributed by atoms with van der Waals surface area (Å²) in [7, 11) is 1.59. The van der Waals surface area contributed by atoms with Crippen LogP contribution < -0.4 is 24.2 Å². The lowest BCUT2D eigenvalue weighted by atomic mass is 10.2. The first-order chi connectivity index (χ1) is 13.6. The summed E-state index contributed by atoms with van der Waals surface area (Å²) in [5.41, 5.74) is 0.552. The highest BCUT2D eigenvalue weighted by Crippen LogP contribution is 2.28. The number of carbonyl (C=O) groups excluding carboxylic acids is 1. The topological polar surface area (TPSA) is 81.5 Å². The molecule has 0 aliphatic rings. The average molecular weight is 399 g/mol. The van der Waals surface area contributed by atoms with Gasteiger partial charge in [0.1, 0.15) is 0 Å². The third-order valence-corrected chi connectivity index (χ3v) is 4.91. The molecule has 3 aromatic rings. The van der Waals surface area contributed by atoms with Crippen LogP contribution in [0.5, 0.6) is 11.5 Å². The predicted octanol–water partition coefficient (Wildman–Crippen LogP) is 2.71. The van der Waals surface area contributed by atoms with Crippen molar-refractivity contribution in [3.63, 3.8) is 0 Å². The molecule has 28 heavy (non-hydrogen) atoms. The van der Waals surface area contributed by atoms with E-state index < -0.39 is 0 Å². The van der Waals surface area contributed by atoms with E-state index in [-0.39, 0.29) is 17.1 Å². The number of furan rings is 1. The van der Waals surface area contributed by atoms with Gasteiger partial charge in [0.05, 0.1) is 29.2 Å². The van der Waals surface area contributed by atoms with Gasteiger partial charge >= 0.3 is 0 Å². The zero-order valence-corrected chi connectivity index (χ0v) is 16.5. The second-order valence-electron chi connectivity index (χ2n) is 6.03. The minimum absolute atomic E-state index is 0.226. The van der Waals surface area contributed by atoms with Crippen LogP contribution in [0.2, 0.25) is 0 Å². The van der Waals surface area contributed by atoms with E-state index in [0.717, 1.165) is 18.4 Å². The molecule has 0 aliphatic heterocycles. The summed E-state index contributed by atoms with van der Waals surface area (Å²) >= 11 is 1.20. The van der Waals surface area contributed by atoms with Crippen molar-refractivity contribution in [2.24, 2.45) is 0 Å². The first kappa shape index (κ1) is 19.7. The number of ether oxygens (including phenoxy) is 2. The summed E-state index contributed by atoms with van der Waals surface area (Å²) in [5.74, 6) is 1.21. The lowest BCUT2D eigenvalue weighted by Crippen LogP contribution is -2.20. The van der Waals surface area contributed by atoms with Gasteiger partial charge in [0.15, 0.2) is 17.3 Å². The Balaban J connectivity index is 1.91. The summed E-state index contributed by atoms with van der Waals surface area (Å²) in [6.45, 7) is 2.70. The molecule has 1 aromatic carbocycles. The van der Waals surface area contributed by atoms with Crippen LogP contribution in [-0.4, -0.2) is 24.5 Å². The zero-order valence-electron chi connectivity index (χ0n) is 15.7. The maximum absolute atomic E-state index is 12.2. The summed E-state index contributed by atoms with van der Waals surface area (Å²) in [4.78, 5) is 27.0. The fourth-order valence-corrected chi connectivity index (χ4v) is 3.39. The fraction of sp³-hybridized carbons (Fsp3) is 0.238. The predicted molar refractivity (Wildman–Crippen MR) is 109 cm³/mol. The molecule has 7 heteroatoms. The molecule has 0 unspecified atom stereocenters. The first-order valence-electron chi connectivity index (χ1n) is 8.92. The molecular formula is C21H21NO5S. The number of aromatic amines is 1. The van der Waals surface area contributed by atoms with Gasteiger partial charge in [0, 0.05) is 6.08 Å². The van der Waals surface area contributed by atoms with Crippen molar-refractivity contribution in [1.29, 1.82) is 0 Å². The Bertz CT molecular complexity index is 1110. The molecule has 0 saturated carbocycles. The van der Waals surface area contributed by atoms with Gasteiger partial charge in [0.25, 0.3) is 5.56 Å². The lowest BCUT2D eigenvalue weighted by molar-refractivity contribution is 0.103. The molecule has 6 nitrogen and oxygen atoms in total. The number of rotatable bonds is 8. The van der Waals surface area contributed by atoms with Crippen LogP contribution in [0.3, 0.4) is 0 Å². The van der Waals surface area contributed by atoms with E-state index in [1.54, 1.807) is 25.3 Å². The molecule has 1 N–H and O–H groups in total. The van der Waals surface area contributed by atoms with E-state index >= 15 is 0 Å². The van der Waals surface area contributed by atoms with Crippen LogP contribution in [0.4, 0.5) is 0 Å². The molecule has 3 rings (SSSR count). The van der Waals surface area contributed by atoms with Gasteiger partial charge in [-0.05, 0) is 42.3 Å². The number of hydrogen-bond acceptors (Lipinski definition) is 6. The van der Waals surface area contributed by atoms with Gasteiger partial charge < -0.3 is 18.9 Å². The Morgan fingerprint density at radius 3 is 2.86 bits per heavy atom. The maximum atomic E-state index is 12.2. The van der Waals surface area contributed by atoms with E-state index in [2.05, 4.69) is 11.9 Å².